The van der Waals surface area contributed by atoms with Crippen molar-refractivity contribution in [3.05, 3.63) is 34.0 Å². The van der Waals surface area contributed by atoms with Gasteiger partial charge >= 0.3 is 0 Å². The number of nitrogens with zero attached hydrogens (tertiary/aromatic N) is 4. The number of aliphatic hydroxyl groups excluding tert-OH is 1. The van der Waals surface area contributed by atoms with Crippen LogP contribution in [0, 0.1) is 5.92 Å². The first-order chi connectivity index (χ1) is 12.6. The van der Waals surface area contributed by atoms with Gasteiger partial charge in [-0.1, -0.05) is 0 Å². The minimum absolute atomic E-state index is 0.0922. The predicted molar refractivity (Wildman–Crippen MR) is 98.8 cm³/mol. The zero-order valence-electron chi connectivity index (χ0n) is 15.0. The van der Waals surface area contributed by atoms with Gasteiger partial charge in [0.15, 0.2) is 0 Å². The number of aryl methyl sites for hydroxylation is 1. The molecule has 26 heavy (non-hydrogen) atoms. The van der Waals surface area contributed by atoms with Crippen LogP contribution in [0.5, 0.6) is 0 Å². The summed E-state index contributed by atoms with van der Waals surface area (Å²) in [6.07, 6.45) is 9.07. The molecule has 3 heterocycles. The van der Waals surface area contributed by atoms with Gasteiger partial charge in [0.05, 0.1) is 31.1 Å². The number of likely N-dealkylation sites (tertiary alicyclic amines) is 1. The van der Waals surface area contributed by atoms with Gasteiger partial charge in [-0.25, -0.2) is 4.98 Å². The molecule has 0 aromatic carbocycles. The summed E-state index contributed by atoms with van der Waals surface area (Å²) >= 11 is 1.47. The van der Waals surface area contributed by atoms with E-state index in [1.54, 1.807) is 17.1 Å². The highest BCUT2D eigenvalue weighted by molar-refractivity contribution is 7.13. The van der Waals surface area contributed by atoms with E-state index in [0.29, 0.717) is 17.7 Å². The van der Waals surface area contributed by atoms with E-state index in [0.717, 1.165) is 30.2 Å². The van der Waals surface area contributed by atoms with Gasteiger partial charge in [-0.15, -0.1) is 11.3 Å². The van der Waals surface area contributed by atoms with Crippen LogP contribution in [0.3, 0.4) is 0 Å². The van der Waals surface area contributed by atoms with Crippen molar-refractivity contribution >= 4 is 17.2 Å². The number of carbonyl (C=O) groups is 1. The molecule has 2 fully saturated rings. The van der Waals surface area contributed by atoms with Crippen LogP contribution in [-0.2, 0) is 13.6 Å². The van der Waals surface area contributed by atoms with E-state index < -0.39 is 0 Å². The lowest BCUT2D eigenvalue weighted by Gasteiger charge is -2.37. The van der Waals surface area contributed by atoms with E-state index >= 15 is 0 Å². The third kappa shape index (κ3) is 3.82. The van der Waals surface area contributed by atoms with Crippen LogP contribution in [0.2, 0.25) is 0 Å². The third-order valence-electron chi connectivity index (χ3n) is 5.33. The van der Waals surface area contributed by atoms with Crippen molar-refractivity contribution in [2.45, 2.75) is 44.4 Å². The second-order valence-electron chi connectivity index (χ2n) is 7.39. The summed E-state index contributed by atoms with van der Waals surface area (Å²) in [5.74, 6) is 0.153. The van der Waals surface area contributed by atoms with Gasteiger partial charge in [-0.2, -0.15) is 5.10 Å². The first-order valence-corrected chi connectivity index (χ1v) is 10.0. The van der Waals surface area contributed by atoms with E-state index in [9.17, 15) is 9.90 Å². The minimum Gasteiger partial charge on any atom is -0.393 e. The van der Waals surface area contributed by atoms with E-state index in [2.05, 4.69) is 20.3 Å². The lowest BCUT2D eigenvalue weighted by atomic mass is 9.75. The molecule has 1 aliphatic heterocycles. The van der Waals surface area contributed by atoms with Crippen LogP contribution in [0.4, 0.5) is 0 Å². The molecule has 8 heteroatoms. The molecule has 1 amide bonds. The Balaban J connectivity index is 1.43. The average Bonchev–Trinajstić information content (AvgIpc) is 3.32. The summed E-state index contributed by atoms with van der Waals surface area (Å²) < 4.78 is 1.74. The SMILES string of the molecule is Cn1cc([C@H](NC(=O)c2cnc(CN3CCCC3)s2)C2CC(O)C2)cn1. The smallest absolute Gasteiger partial charge is 0.263 e. The van der Waals surface area contributed by atoms with Gasteiger partial charge in [0, 0.05) is 18.8 Å². The molecule has 0 bridgehead atoms. The van der Waals surface area contributed by atoms with Crippen molar-refractivity contribution in [1.82, 2.24) is 25.0 Å². The van der Waals surface area contributed by atoms with Crippen molar-refractivity contribution in [1.29, 1.82) is 0 Å². The first-order valence-electron chi connectivity index (χ1n) is 9.23. The Morgan fingerprint density at radius 1 is 1.38 bits per heavy atom. The van der Waals surface area contributed by atoms with Gasteiger partial charge in [0.25, 0.3) is 5.91 Å². The van der Waals surface area contributed by atoms with Crippen molar-refractivity contribution in [3.63, 3.8) is 0 Å². The fourth-order valence-corrected chi connectivity index (χ4v) is 4.67. The van der Waals surface area contributed by atoms with Gasteiger partial charge in [0.2, 0.25) is 0 Å². The molecule has 7 nitrogen and oxygen atoms in total. The van der Waals surface area contributed by atoms with Crippen molar-refractivity contribution < 1.29 is 9.90 Å². The molecule has 0 unspecified atom stereocenters. The Morgan fingerprint density at radius 3 is 2.81 bits per heavy atom. The van der Waals surface area contributed by atoms with Crippen LogP contribution < -0.4 is 5.32 Å². The van der Waals surface area contributed by atoms with E-state index in [1.165, 1.54) is 24.2 Å². The molecule has 4 rings (SSSR count). The van der Waals surface area contributed by atoms with Gasteiger partial charge < -0.3 is 10.4 Å². The lowest BCUT2D eigenvalue weighted by Crippen LogP contribution is -2.41. The second kappa shape index (κ2) is 7.46. The fourth-order valence-electron chi connectivity index (χ4n) is 3.81. The Kier molecular flexibility index (Phi) is 5.06. The maximum absolute atomic E-state index is 12.8. The van der Waals surface area contributed by atoms with Crippen LogP contribution in [0.1, 0.15) is 52.0 Å². The normalized spacial score (nSPS) is 24.4. The largest absolute Gasteiger partial charge is 0.393 e. The Bertz CT molecular complexity index is 761. The zero-order chi connectivity index (χ0) is 18.1. The number of rotatable bonds is 6. The van der Waals surface area contributed by atoms with Gasteiger partial charge in [-0.05, 0) is 44.7 Å². The van der Waals surface area contributed by atoms with Gasteiger partial charge in [0.1, 0.15) is 9.88 Å². The summed E-state index contributed by atoms with van der Waals surface area (Å²) in [5, 5.41) is 18.0. The molecule has 2 N–H and O–H groups in total. The first kappa shape index (κ1) is 17.6. The standard InChI is InChI=1S/C18H25N5O2S/c1-22-10-13(8-20-22)17(12-6-14(24)7-12)21-18(25)15-9-19-16(26-15)11-23-4-2-3-5-23/h8-10,12,14,17,24H,2-7,11H2,1H3,(H,21,25)/t12?,14?,17-/m1/s1. The molecule has 2 aromatic heterocycles. The number of aliphatic hydroxyl groups is 1. The summed E-state index contributed by atoms with van der Waals surface area (Å²) in [6.45, 7) is 3.07. The lowest BCUT2D eigenvalue weighted by molar-refractivity contribution is 0.0235. The average molecular weight is 375 g/mol. The molecule has 2 aliphatic rings. The predicted octanol–water partition coefficient (Wildman–Crippen LogP) is 1.71. The molecule has 0 spiro atoms. The summed E-state index contributed by atoms with van der Waals surface area (Å²) in [6, 6.07) is -0.122. The van der Waals surface area contributed by atoms with E-state index in [1.807, 2.05) is 13.2 Å². The molecule has 1 atom stereocenters. The highest BCUT2D eigenvalue weighted by Crippen LogP contribution is 2.38. The Hall–Kier alpha value is -1.77. The molecule has 1 saturated heterocycles. The second-order valence-corrected chi connectivity index (χ2v) is 8.50. The summed E-state index contributed by atoms with van der Waals surface area (Å²) in [7, 11) is 1.87. The molecular formula is C18H25N5O2S. The fraction of sp³-hybridized carbons (Fsp3) is 0.611. The topological polar surface area (TPSA) is 83.3 Å². The Morgan fingerprint density at radius 2 is 2.15 bits per heavy atom. The molecule has 1 saturated carbocycles. The number of amides is 1. The highest BCUT2D eigenvalue weighted by Gasteiger charge is 2.36. The maximum Gasteiger partial charge on any atom is 0.263 e. The number of nitrogens with one attached hydrogen (secondary N) is 1. The maximum atomic E-state index is 12.8. The molecule has 140 valence electrons. The number of thiazole rings is 1. The minimum atomic E-state index is -0.258. The number of hydrogen-bond acceptors (Lipinski definition) is 6. The number of hydrogen-bond donors (Lipinski definition) is 2. The van der Waals surface area contributed by atoms with Crippen LogP contribution in [-0.4, -0.2) is 49.9 Å². The summed E-state index contributed by atoms with van der Waals surface area (Å²) in [5.41, 5.74) is 0.986. The van der Waals surface area contributed by atoms with Crippen LogP contribution >= 0.6 is 11.3 Å². The van der Waals surface area contributed by atoms with Crippen molar-refractivity contribution in [2.24, 2.45) is 13.0 Å². The van der Waals surface area contributed by atoms with E-state index in [-0.39, 0.29) is 24.0 Å². The van der Waals surface area contributed by atoms with E-state index in [4.69, 9.17) is 0 Å². The number of aromatic nitrogens is 3. The number of carbonyl (C=O) groups excluding carboxylic acids is 1. The molecule has 2 aromatic rings. The van der Waals surface area contributed by atoms with Gasteiger partial charge in [-0.3, -0.25) is 14.4 Å². The molecule has 1 aliphatic carbocycles. The van der Waals surface area contributed by atoms with Crippen molar-refractivity contribution in [3.8, 4) is 0 Å². The third-order valence-corrected chi connectivity index (χ3v) is 6.31. The highest BCUT2D eigenvalue weighted by atomic mass is 32.1. The summed E-state index contributed by atoms with van der Waals surface area (Å²) in [4.78, 5) is 20.2. The van der Waals surface area contributed by atoms with Crippen LogP contribution in [0.15, 0.2) is 18.6 Å². The van der Waals surface area contributed by atoms with Crippen molar-refractivity contribution in [2.75, 3.05) is 13.1 Å². The molecule has 0 radical (unpaired) electrons. The van der Waals surface area contributed by atoms with Crippen LogP contribution in [0.25, 0.3) is 0 Å². The zero-order valence-corrected chi connectivity index (χ0v) is 15.8. The monoisotopic (exact) mass is 375 g/mol. The quantitative estimate of drug-likeness (QED) is 0.803. The Labute approximate surface area is 157 Å². The molecular weight excluding hydrogens is 350 g/mol.